The van der Waals surface area contributed by atoms with Gasteiger partial charge in [0.15, 0.2) is 0 Å². The van der Waals surface area contributed by atoms with Crippen LogP contribution in [0.3, 0.4) is 0 Å². The van der Waals surface area contributed by atoms with Crippen LogP contribution in [-0.2, 0) is 13.0 Å². The molecule has 2 heterocycles. The number of aliphatic hydroxyl groups excluding tert-OH is 1. The number of hydrogen-bond donors (Lipinski definition) is 1. The minimum Gasteiger partial charge on any atom is -0.392 e. The molecule has 1 atom stereocenters. The highest BCUT2D eigenvalue weighted by Gasteiger charge is 2.27. The van der Waals surface area contributed by atoms with Crippen LogP contribution in [0, 0.1) is 0 Å². The summed E-state index contributed by atoms with van der Waals surface area (Å²) in [6.45, 7) is 2.10. The first-order valence-corrected chi connectivity index (χ1v) is 6.71. The quantitative estimate of drug-likeness (QED) is 0.913. The molecular weight excluding hydrogens is 260 g/mol. The second kappa shape index (κ2) is 4.83. The molecule has 1 aliphatic rings. The number of halogens is 1. The van der Waals surface area contributed by atoms with E-state index in [4.69, 9.17) is 11.6 Å². The monoisotopic (exact) mass is 274 g/mol. The molecule has 0 fully saturated rings. The highest BCUT2D eigenvalue weighted by Crippen LogP contribution is 2.37. The Bertz CT molecular complexity index is 615. The molecule has 98 valence electrons. The van der Waals surface area contributed by atoms with Crippen LogP contribution in [0.15, 0.2) is 36.5 Å². The van der Waals surface area contributed by atoms with Crippen LogP contribution in [0.4, 0.5) is 11.5 Å². The lowest BCUT2D eigenvalue weighted by Gasteiger charge is -2.24. The van der Waals surface area contributed by atoms with Gasteiger partial charge in [-0.3, -0.25) is 0 Å². The van der Waals surface area contributed by atoms with E-state index in [1.54, 1.807) is 6.20 Å². The lowest BCUT2D eigenvalue weighted by atomic mass is 10.1. The summed E-state index contributed by atoms with van der Waals surface area (Å²) in [4.78, 5) is 6.60. The largest absolute Gasteiger partial charge is 0.392 e. The first-order valence-electron chi connectivity index (χ1n) is 6.33. The van der Waals surface area contributed by atoms with Crippen LogP contribution in [0.1, 0.15) is 18.1 Å². The Morgan fingerprint density at radius 2 is 2.21 bits per heavy atom. The van der Waals surface area contributed by atoms with Gasteiger partial charge in [0.05, 0.1) is 11.6 Å². The Balaban J connectivity index is 2.07. The number of aliphatic hydroxyl groups is 1. The molecule has 0 amide bonds. The van der Waals surface area contributed by atoms with Crippen molar-refractivity contribution >= 4 is 23.1 Å². The summed E-state index contributed by atoms with van der Waals surface area (Å²) < 4.78 is 0. The maximum atomic E-state index is 9.32. The molecule has 0 bridgehead atoms. The van der Waals surface area contributed by atoms with E-state index < -0.39 is 0 Å². The van der Waals surface area contributed by atoms with Crippen LogP contribution in [0.25, 0.3) is 0 Å². The fourth-order valence-corrected chi connectivity index (χ4v) is 2.80. The topological polar surface area (TPSA) is 36.4 Å². The van der Waals surface area contributed by atoms with Gasteiger partial charge in [0.2, 0.25) is 0 Å². The third-order valence-corrected chi connectivity index (χ3v) is 3.89. The number of fused-ring (bicyclic) bond motifs is 1. The summed E-state index contributed by atoms with van der Waals surface area (Å²) in [6, 6.07) is 10.6. The van der Waals surface area contributed by atoms with Gasteiger partial charge in [-0.25, -0.2) is 4.98 Å². The Morgan fingerprint density at radius 1 is 1.42 bits per heavy atom. The molecule has 2 aromatic rings. The van der Waals surface area contributed by atoms with Crippen molar-refractivity contribution in [2.45, 2.75) is 26.0 Å². The fourth-order valence-electron chi connectivity index (χ4n) is 2.64. The van der Waals surface area contributed by atoms with Crippen LogP contribution < -0.4 is 4.90 Å². The number of pyridine rings is 1. The van der Waals surface area contributed by atoms with Gasteiger partial charge in [0.25, 0.3) is 0 Å². The predicted octanol–water partition coefficient (Wildman–Crippen LogP) is 3.31. The van der Waals surface area contributed by atoms with E-state index in [2.05, 4.69) is 35.0 Å². The Hall–Kier alpha value is -1.58. The average molecular weight is 275 g/mol. The zero-order valence-corrected chi connectivity index (χ0v) is 11.4. The molecule has 3 rings (SSSR count). The molecule has 0 saturated carbocycles. The smallest absolute Gasteiger partial charge is 0.133 e. The molecule has 1 N–H and O–H groups in total. The van der Waals surface area contributed by atoms with Gasteiger partial charge in [-0.1, -0.05) is 29.8 Å². The van der Waals surface area contributed by atoms with E-state index in [0.717, 1.165) is 12.2 Å². The van der Waals surface area contributed by atoms with Gasteiger partial charge in [0, 0.05) is 23.5 Å². The summed E-state index contributed by atoms with van der Waals surface area (Å²) in [5.74, 6) is 0.839. The molecule has 3 nitrogen and oxygen atoms in total. The van der Waals surface area contributed by atoms with Gasteiger partial charge in [-0.2, -0.15) is 0 Å². The zero-order chi connectivity index (χ0) is 13.4. The zero-order valence-electron chi connectivity index (χ0n) is 10.7. The lowest BCUT2D eigenvalue weighted by molar-refractivity contribution is 0.282. The van der Waals surface area contributed by atoms with E-state index in [-0.39, 0.29) is 6.61 Å². The van der Waals surface area contributed by atoms with Crippen molar-refractivity contribution in [2.24, 2.45) is 0 Å². The molecule has 1 unspecified atom stereocenters. The van der Waals surface area contributed by atoms with Gasteiger partial charge in [0.1, 0.15) is 5.82 Å². The van der Waals surface area contributed by atoms with Crippen molar-refractivity contribution in [1.29, 1.82) is 0 Å². The normalized spacial score (nSPS) is 17.6. The molecule has 1 aliphatic heterocycles. The number of hydrogen-bond acceptors (Lipinski definition) is 3. The van der Waals surface area contributed by atoms with Gasteiger partial charge >= 0.3 is 0 Å². The van der Waals surface area contributed by atoms with Gasteiger partial charge in [-0.05, 0) is 31.0 Å². The summed E-state index contributed by atoms with van der Waals surface area (Å²) in [5.41, 5.74) is 3.23. The number of benzene rings is 1. The number of nitrogens with zero attached hydrogens (tertiary/aromatic N) is 2. The Kier molecular flexibility index (Phi) is 3.17. The van der Waals surface area contributed by atoms with Crippen molar-refractivity contribution in [2.75, 3.05) is 4.90 Å². The molecular formula is C15H15ClN2O. The highest BCUT2D eigenvalue weighted by atomic mass is 35.5. The van der Waals surface area contributed by atoms with Crippen molar-refractivity contribution in [3.05, 3.63) is 52.7 Å². The van der Waals surface area contributed by atoms with Crippen molar-refractivity contribution in [3.63, 3.8) is 0 Å². The molecule has 0 radical (unpaired) electrons. The second-order valence-electron chi connectivity index (χ2n) is 4.84. The minimum absolute atomic E-state index is 0.0712. The van der Waals surface area contributed by atoms with Crippen molar-refractivity contribution < 1.29 is 5.11 Å². The minimum atomic E-state index is -0.0712. The molecule has 4 heteroatoms. The van der Waals surface area contributed by atoms with Gasteiger partial charge in [-0.15, -0.1) is 0 Å². The lowest BCUT2D eigenvalue weighted by Crippen LogP contribution is -2.24. The number of aromatic nitrogens is 1. The third-order valence-electron chi connectivity index (χ3n) is 3.54. The Labute approximate surface area is 117 Å². The van der Waals surface area contributed by atoms with E-state index in [9.17, 15) is 5.11 Å². The van der Waals surface area contributed by atoms with E-state index in [1.165, 1.54) is 11.3 Å². The molecule has 0 spiro atoms. The SMILES string of the molecule is CC1Cc2ccccc2N1c1cc(CO)c(Cl)cn1. The highest BCUT2D eigenvalue weighted by molar-refractivity contribution is 6.31. The summed E-state index contributed by atoms with van der Waals surface area (Å²) in [6.07, 6.45) is 2.62. The average Bonchev–Trinajstić information content (AvgIpc) is 2.75. The summed E-state index contributed by atoms with van der Waals surface area (Å²) in [7, 11) is 0. The standard InChI is InChI=1S/C15H15ClN2O/c1-10-6-11-4-2-3-5-14(11)18(10)15-7-12(9-19)13(16)8-17-15/h2-5,7-8,10,19H,6,9H2,1H3. The molecule has 19 heavy (non-hydrogen) atoms. The first-order chi connectivity index (χ1) is 9.20. The van der Waals surface area contributed by atoms with E-state index in [1.807, 2.05) is 12.1 Å². The maximum Gasteiger partial charge on any atom is 0.133 e. The second-order valence-corrected chi connectivity index (χ2v) is 5.25. The van der Waals surface area contributed by atoms with Gasteiger partial charge < -0.3 is 10.0 Å². The van der Waals surface area contributed by atoms with Crippen LogP contribution >= 0.6 is 11.6 Å². The number of para-hydroxylation sites is 1. The molecule has 0 saturated heterocycles. The summed E-state index contributed by atoms with van der Waals surface area (Å²) >= 11 is 6.00. The van der Waals surface area contributed by atoms with Crippen LogP contribution in [0.2, 0.25) is 5.02 Å². The third kappa shape index (κ3) is 2.09. The Morgan fingerprint density at radius 3 is 3.00 bits per heavy atom. The number of rotatable bonds is 2. The van der Waals surface area contributed by atoms with Crippen molar-refractivity contribution in [3.8, 4) is 0 Å². The molecule has 1 aromatic heterocycles. The number of anilines is 2. The van der Waals surface area contributed by atoms with E-state index in [0.29, 0.717) is 16.6 Å². The van der Waals surface area contributed by atoms with Crippen LogP contribution in [-0.4, -0.2) is 16.1 Å². The van der Waals surface area contributed by atoms with E-state index >= 15 is 0 Å². The predicted molar refractivity (Wildman–Crippen MR) is 76.9 cm³/mol. The maximum absolute atomic E-state index is 9.32. The molecule has 1 aromatic carbocycles. The summed E-state index contributed by atoms with van der Waals surface area (Å²) in [5, 5.41) is 9.82. The van der Waals surface area contributed by atoms with Crippen molar-refractivity contribution in [1.82, 2.24) is 4.98 Å². The van der Waals surface area contributed by atoms with Crippen LogP contribution in [0.5, 0.6) is 0 Å². The molecule has 0 aliphatic carbocycles. The fraction of sp³-hybridized carbons (Fsp3) is 0.267. The first kappa shape index (κ1) is 12.5.